The summed E-state index contributed by atoms with van der Waals surface area (Å²) in [6.45, 7) is 7.77. The van der Waals surface area contributed by atoms with Gasteiger partial charge >= 0.3 is 0 Å². The van der Waals surface area contributed by atoms with Gasteiger partial charge in [-0.1, -0.05) is 0 Å². The van der Waals surface area contributed by atoms with Crippen LogP contribution in [0.4, 0.5) is 11.4 Å². The monoisotopic (exact) mass is 353 g/mol. The van der Waals surface area contributed by atoms with E-state index in [2.05, 4.69) is 20.2 Å². The second kappa shape index (κ2) is 6.25. The Kier molecular flexibility index (Phi) is 4.03. The number of aromatic nitrogens is 2. The van der Waals surface area contributed by atoms with Gasteiger partial charge in [0.25, 0.3) is 5.91 Å². The Labute approximate surface area is 153 Å². The molecule has 7 nitrogen and oxygen atoms in total. The van der Waals surface area contributed by atoms with Gasteiger partial charge in [-0.15, -0.1) is 0 Å². The van der Waals surface area contributed by atoms with Crippen molar-refractivity contribution in [1.82, 2.24) is 15.3 Å². The fourth-order valence-corrected chi connectivity index (χ4v) is 3.75. The maximum Gasteiger partial charge on any atom is 0.261 e. The third-order valence-electron chi connectivity index (χ3n) is 5.10. The minimum Gasteiger partial charge on any atom is -0.481 e. The molecule has 1 fully saturated rings. The van der Waals surface area contributed by atoms with Gasteiger partial charge in [0.1, 0.15) is 0 Å². The number of nitrogens with zero attached hydrogens (tertiary/aromatic N) is 4. The van der Waals surface area contributed by atoms with Crippen LogP contribution in [-0.4, -0.2) is 49.2 Å². The lowest BCUT2D eigenvalue weighted by atomic mass is 9.99. The van der Waals surface area contributed by atoms with Crippen molar-refractivity contribution >= 4 is 17.3 Å². The molecule has 4 rings (SSSR count). The summed E-state index contributed by atoms with van der Waals surface area (Å²) in [7, 11) is 1.58. The van der Waals surface area contributed by atoms with Crippen molar-refractivity contribution in [3.8, 4) is 5.88 Å². The summed E-state index contributed by atoms with van der Waals surface area (Å²) in [6, 6.07) is 5.56. The number of amides is 1. The quantitative estimate of drug-likeness (QED) is 0.907. The molecule has 7 heteroatoms. The number of nitrogens with one attached hydrogen (secondary N) is 1. The molecule has 4 heterocycles. The number of hydrogen-bond acceptors (Lipinski definition) is 6. The molecule has 2 aromatic heterocycles. The van der Waals surface area contributed by atoms with Crippen LogP contribution in [-0.2, 0) is 5.54 Å². The van der Waals surface area contributed by atoms with Crippen LogP contribution < -0.4 is 19.9 Å². The predicted molar refractivity (Wildman–Crippen MR) is 99.9 cm³/mol. The fourth-order valence-electron chi connectivity index (χ4n) is 3.75. The number of carbonyl (C=O) groups is 1. The molecule has 0 aliphatic carbocycles. The zero-order chi connectivity index (χ0) is 18.3. The summed E-state index contributed by atoms with van der Waals surface area (Å²) in [5.41, 5.74) is 2.59. The molecule has 0 unspecified atom stereocenters. The highest BCUT2D eigenvalue weighted by atomic mass is 16.5. The standard InChI is InChI=1S/C19H23N5O2/c1-19(2)17-15(4-5-16(22-17)26-3)18(25)24(19)14-10-13(11-21-12-14)23-8-6-20-7-9-23/h4-5,10-12,20H,6-9H2,1-3H3. The van der Waals surface area contributed by atoms with E-state index in [9.17, 15) is 4.79 Å². The molecular formula is C19H23N5O2. The number of hydrogen-bond donors (Lipinski definition) is 1. The Bertz CT molecular complexity index is 846. The molecule has 0 aromatic carbocycles. The van der Waals surface area contributed by atoms with E-state index in [1.807, 2.05) is 26.1 Å². The molecule has 1 amide bonds. The lowest BCUT2D eigenvalue weighted by Crippen LogP contribution is -2.44. The van der Waals surface area contributed by atoms with Gasteiger partial charge < -0.3 is 15.0 Å². The molecule has 2 aromatic rings. The Morgan fingerprint density at radius 1 is 1.15 bits per heavy atom. The van der Waals surface area contributed by atoms with Gasteiger partial charge in [0.05, 0.1) is 47.7 Å². The highest BCUT2D eigenvalue weighted by molar-refractivity contribution is 6.11. The first kappa shape index (κ1) is 16.8. The van der Waals surface area contributed by atoms with Crippen molar-refractivity contribution in [1.29, 1.82) is 0 Å². The maximum absolute atomic E-state index is 13.1. The van der Waals surface area contributed by atoms with Gasteiger partial charge in [-0.2, -0.15) is 0 Å². The van der Waals surface area contributed by atoms with Crippen molar-refractivity contribution in [2.45, 2.75) is 19.4 Å². The van der Waals surface area contributed by atoms with E-state index in [0.29, 0.717) is 11.4 Å². The average Bonchev–Trinajstić information content (AvgIpc) is 2.88. The molecule has 2 aliphatic heterocycles. The highest BCUT2D eigenvalue weighted by Crippen LogP contribution is 2.42. The molecule has 0 saturated carbocycles. The minimum atomic E-state index is -0.579. The Hall–Kier alpha value is -2.67. The van der Waals surface area contributed by atoms with Crippen molar-refractivity contribution in [2.24, 2.45) is 0 Å². The van der Waals surface area contributed by atoms with E-state index < -0.39 is 5.54 Å². The zero-order valence-corrected chi connectivity index (χ0v) is 15.3. The van der Waals surface area contributed by atoms with Gasteiger partial charge in [-0.25, -0.2) is 4.98 Å². The van der Waals surface area contributed by atoms with Gasteiger partial charge in [0.2, 0.25) is 5.88 Å². The third-order valence-corrected chi connectivity index (χ3v) is 5.10. The summed E-state index contributed by atoms with van der Waals surface area (Å²) in [5, 5.41) is 3.35. The number of carbonyl (C=O) groups excluding carboxylic acids is 1. The molecule has 26 heavy (non-hydrogen) atoms. The number of rotatable bonds is 3. The first-order valence-corrected chi connectivity index (χ1v) is 8.83. The first-order valence-electron chi connectivity index (χ1n) is 8.83. The molecule has 0 radical (unpaired) electrons. The third kappa shape index (κ3) is 2.59. The maximum atomic E-state index is 13.1. The van der Waals surface area contributed by atoms with E-state index in [0.717, 1.165) is 43.2 Å². The topological polar surface area (TPSA) is 70.6 Å². The molecule has 2 aliphatic rings. The number of anilines is 2. The van der Waals surface area contributed by atoms with Crippen molar-refractivity contribution in [3.63, 3.8) is 0 Å². The van der Waals surface area contributed by atoms with E-state index >= 15 is 0 Å². The molecule has 0 atom stereocenters. The van der Waals surface area contributed by atoms with E-state index in [4.69, 9.17) is 4.74 Å². The van der Waals surface area contributed by atoms with Crippen molar-refractivity contribution in [3.05, 3.63) is 41.9 Å². The predicted octanol–water partition coefficient (Wildman–Crippen LogP) is 1.79. The van der Waals surface area contributed by atoms with Crippen LogP contribution in [0.1, 0.15) is 29.9 Å². The van der Waals surface area contributed by atoms with Gasteiger partial charge in [-0.05, 0) is 26.0 Å². The second-order valence-corrected chi connectivity index (χ2v) is 7.09. The minimum absolute atomic E-state index is 0.0561. The van der Waals surface area contributed by atoms with Gasteiger partial charge in [-0.3, -0.25) is 14.7 Å². The smallest absolute Gasteiger partial charge is 0.261 e. The molecular weight excluding hydrogens is 330 g/mol. The molecule has 1 saturated heterocycles. The Balaban J connectivity index is 1.73. The number of fused-ring (bicyclic) bond motifs is 1. The SMILES string of the molecule is COc1ccc2c(n1)C(C)(C)N(c1cncc(N3CCNCC3)c1)C2=O. The van der Waals surface area contributed by atoms with E-state index in [1.165, 1.54) is 0 Å². The Morgan fingerprint density at radius 2 is 1.88 bits per heavy atom. The summed E-state index contributed by atoms with van der Waals surface area (Å²) < 4.78 is 5.24. The molecule has 0 bridgehead atoms. The largest absolute Gasteiger partial charge is 0.481 e. The summed E-state index contributed by atoms with van der Waals surface area (Å²) in [6.07, 6.45) is 3.60. The lowest BCUT2D eigenvalue weighted by Gasteiger charge is -2.33. The summed E-state index contributed by atoms with van der Waals surface area (Å²) in [4.78, 5) is 26.1. The molecule has 1 N–H and O–H groups in total. The summed E-state index contributed by atoms with van der Waals surface area (Å²) in [5.74, 6) is 0.457. The normalized spacial score (nSPS) is 18.8. The first-order chi connectivity index (χ1) is 12.5. The van der Waals surface area contributed by atoms with Crippen molar-refractivity contribution < 1.29 is 9.53 Å². The van der Waals surface area contributed by atoms with Crippen LogP contribution in [0.25, 0.3) is 0 Å². The van der Waals surface area contributed by atoms with Crippen LogP contribution >= 0.6 is 0 Å². The number of piperazine rings is 1. The zero-order valence-electron chi connectivity index (χ0n) is 15.3. The highest BCUT2D eigenvalue weighted by Gasteiger charge is 2.45. The van der Waals surface area contributed by atoms with Crippen LogP contribution in [0, 0.1) is 0 Å². The van der Waals surface area contributed by atoms with Crippen LogP contribution in [0.2, 0.25) is 0 Å². The average molecular weight is 353 g/mol. The lowest BCUT2D eigenvalue weighted by molar-refractivity contribution is 0.0982. The van der Waals surface area contributed by atoms with Crippen molar-refractivity contribution in [2.75, 3.05) is 43.1 Å². The number of methoxy groups -OCH3 is 1. The van der Waals surface area contributed by atoms with Gasteiger partial charge in [0, 0.05) is 32.2 Å². The second-order valence-electron chi connectivity index (χ2n) is 7.09. The van der Waals surface area contributed by atoms with Crippen LogP contribution in [0.3, 0.4) is 0 Å². The Morgan fingerprint density at radius 3 is 2.62 bits per heavy atom. The van der Waals surface area contributed by atoms with E-state index in [-0.39, 0.29) is 5.91 Å². The van der Waals surface area contributed by atoms with E-state index in [1.54, 1.807) is 30.3 Å². The number of ether oxygens (including phenoxy) is 1. The fraction of sp³-hybridized carbons (Fsp3) is 0.421. The molecule has 0 spiro atoms. The van der Waals surface area contributed by atoms with Crippen LogP contribution in [0.15, 0.2) is 30.6 Å². The van der Waals surface area contributed by atoms with Gasteiger partial charge in [0.15, 0.2) is 0 Å². The summed E-state index contributed by atoms with van der Waals surface area (Å²) >= 11 is 0. The van der Waals surface area contributed by atoms with Crippen LogP contribution in [0.5, 0.6) is 5.88 Å². The molecule has 136 valence electrons. The number of pyridine rings is 2.